The Morgan fingerprint density at radius 3 is 2.47 bits per heavy atom. The predicted molar refractivity (Wildman–Crippen MR) is 47.4 cm³/mol. The summed E-state index contributed by atoms with van der Waals surface area (Å²) in [6.45, 7) is 1.30. The van der Waals surface area contributed by atoms with Crippen molar-refractivity contribution in [1.29, 1.82) is 0 Å². The van der Waals surface area contributed by atoms with Gasteiger partial charge in [-0.2, -0.15) is 13.2 Å². The molecule has 0 aliphatic rings. The molecule has 0 aliphatic heterocycles. The first-order chi connectivity index (χ1) is 6.86. The van der Waals surface area contributed by atoms with E-state index in [9.17, 15) is 18.0 Å². The number of amides is 1. The minimum atomic E-state index is -4.53. The first kappa shape index (κ1) is 11.5. The van der Waals surface area contributed by atoms with Crippen LogP contribution in [0, 0.1) is 6.92 Å². The smallest absolute Gasteiger partial charge is 0.354 e. The van der Waals surface area contributed by atoms with Gasteiger partial charge in [-0.05, 0) is 18.6 Å². The van der Waals surface area contributed by atoms with E-state index < -0.39 is 17.8 Å². The second-order valence-corrected chi connectivity index (χ2v) is 2.94. The summed E-state index contributed by atoms with van der Waals surface area (Å²) in [6, 6.07) is 2.48. The van der Waals surface area contributed by atoms with Crippen molar-refractivity contribution < 1.29 is 18.0 Å². The quantitative estimate of drug-likeness (QED) is 0.780. The number of halogens is 3. The van der Waals surface area contributed by atoms with Gasteiger partial charge < -0.3 is 5.32 Å². The summed E-state index contributed by atoms with van der Waals surface area (Å²) in [7, 11) is 1.33. The Morgan fingerprint density at radius 1 is 1.40 bits per heavy atom. The average molecular weight is 218 g/mol. The lowest BCUT2D eigenvalue weighted by molar-refractivity contribution is -0.141. The van der Waals surface area contributed by atoms with E-state index in [1.165, 1.54) is 26.1 Å². The number of aryl methyl sites for hydroxylation is 1. The number of hydrogen-bond acceptors (Lipinski definition) is 2. The molecule has 0 aromatic carbocycles. The zero-order valence-corrected chi connectivity index (χ0v) is 8.14. The third-order valence-electron chi connectivity index (χ3n) is 1.83. The number of nitrogens with zero attached hydrogens (tertiary/aromatic N) is 1. The highest BCUT2D eigenvalue weighted by Gasteiger charge is 2.34. The van der Waals surface area contributed by atoms with Crippen LogP contribution in [-0.4, -0.2) is 17.9 Å². The van der Waals surface area contributed by atoms with E-state index in [4.69, 9.17) is 0 Å². The topological polar surface area (TPSA) is 42.0 Å². The summed E-state index contributed by atoms with van der Waals surface area (Å²) in [4.78, 5) is 14.3. The molecule has 0 spiro atoms. The van der Waals surface area contributed by atoms with Crippen LogP contribution in [0.15, 0.2) is 12.1 Å². The highest BCUT2D eigenvalue weighted by atomic mass is 19.4. The molecular weight excluding hydrogens is 209 g/mol. The SMILES string of the molecule is CNC(=O)c1ccc(C)c(C(F)(F)F)n1. The molecule has 1 aromatic rings. The Bertz CT molecular complexity index is 387. The second-order valence-electron chi connectivity index (χ2n) is 2.94. The summed E-state index contributed by atoms with van der Waals surface area (Å²) in [5, 5.41) is 2.21. The number of carbonyl (C=O) groups excluding carboxylic acids is 1. The van der Waals surface area contributed by atoms with Gasteiger partial charge >= 0.3 is 6.18 Å². The van der Waals surface area contributed by atoms with Crippen LogP contribution in [-0.2, 0) is 6.18 Å². The molecule has 15 heavy (non-hydrogen) atoms. The van der Waals surface area contributed by atoms with E-state index >= 15 is 0 Å². The molecule has 0 saturated heterocycles. The molecule has 0 fully saturated rings. The van der Waals surface area contributed by atoms with Gasteiger partial charge in [-0.15, -0.1) is 0 Å². The zero-order valence-electron chi connectivity index (χ0n) is 8.14. The summed E-state index contributed by atoms with van der Waals surface area (Å²) in [6.07, 6.45) is -4.53. The summed E-state index contributed by atoms with van der Waals surface area (Å²) >= 11 is 0. The van der Waals surface area contributed by atoms with E-state index in [-0.39, 0.29) is 11.3 Å². The molecule has 1 heterocycles. The van der Waals surface area contributed by atoms with Gasteiger partial charge in [0.1, 0.15) is 11.4 Å². The minimum absolute atomic E-state index is 0.00449. The highest BCUT2D eigenvalue weighted by Crippen LogP contribution is 2.30. The fourth-order valence-electron chi connectivity index (χ4n) is 1.07. The van der Waals surface area contributed by atoms with Crippen LogP contribution < -0.4 is 5.32 Å². The summed E-state index contributed by atoms with van der Waals surface area (Å²) < 4.78 is 37.2. The van der Waals surface area contributed by atoms with Crippen LogP contribution in [0.3, 0.4) is 0 Å². The predicted octanol–water partition coefficient (Wildman–Crippen LogP) is 1.77. The first-order valence-electron chi connectivity index (χ1n) is 4.13. The molecule has 6 heteroatoms. The van der Waals surface area contributed by atoms with Gasteiger partial charge in [-0.3, -0.25) is 4.79 Å². The van der Waals surface area contributed by atoms with Crippen LogP contribution in [0.1, 0.15) is 21.7 Å². The molecule has 1 aromatic heterocycles. The van der Waals surface area contributed by atoms with E-state index in [0.717, 1.165) is 0 Å². The molecule has 0 radical (unpaired) electrons. The normalized spacial score (nSPS) is 11.3. The number of rotatable bonds is 1. The first-order valence-corrected chi connectivity index (χ1v) is 4.13. The maximum Gasteiger partial charge on any atom is 0.433 e. The van der Waals surface area contributed by atoms with Crippen LogP contribution in [0.4, 0.5) is 13.2 Å². The standard InChI is InChI=1S/C9H9F3N2O/c1-5-3-4-6(8(15)13-2)14-7(5)9(10,11)12/h3-4H,1-2H3,(H,13,15). The van der Waals surface area contributed by atoms with Crippen molar-refractivity contribution in [3.63, 3.8) is 0 Å². The second kappa shape index (κ2) is 3.88. The lowest BCUT2D eigenvalue weighted by Crippen LogP contribution is -2.21. The molecule has 0 atom stereocenters. The molecule has 1 amide bonds. The molecule has 0 aliphatic carbocycles. The van der Waals surface area contributed by atoms with Crippen molar-refractivity contribution in [2.45, 2.75) is 13.1 Å². The third kappa shape index (κ3) is 2.45. The van der Waals surface area contributed by atoms with Gasteiger partial charge in [0.2, 0.25) is 0 Å². The number of pyridine rings is 1. The Balaban J connectivity index is 3.23. The van der Waals surface area contributed by atoms with Gasteiger partial charge in [0, 0.05) is 7.05 Å². The average Bonchev–Trinajstić information content (AvgIpc) is 2.15. The van der Waals surface area contributed by atoms with Crippen molar-refractivity contribution in [3.05, 3.63) is 29.1 Å². The number of carbonyl (C=O) groups is 1. The van der Waals surface area contributed by atoms with Crippen LogP contribution >= 0.6 is 0 Å². The van der Waals surface area contributed by atoms with Gasteiger partial charge in [-0.1, -0.05) is 6.07 Å². The van der Waals surface area contributed by atoms with Crippen LogP contribution in [0.5, 0.6) is 0 Å². The molecule has 82 valence electrons. The Hall–Kier alpha value is -1.59. The highest BCUT2D eigenvalue weighted by molar-refractivity contribution is 5.92. The van der Waals surface area contributed by atoms with E-state index in [1.807, 2.05) is 0 Å². The number of nitrogens with one attached hydrogen (secondary N) is 1. The minimum Gasteiger partial charge on any atom is -0.354 e. The molecular formula is C9H9F3N2O. The van der Waals surface area contributed by atoms with Crippen LogP contribution in [0.25, 0.3) is 0 Å². The lowest BCUT2D eigenvalue weighted by Gasteiger charge is -2.09. The summed E-state index contributed by atoms with van der Waals surface area (Å²) in [5.41, 5.74) is -1.27. The maximum atomic E-state index is 12.4. The van der Waals surface area contributed by atoms with E-state index in [1.54, 1.807) is 0 Å². The fourth-order valence-corrected chi connectivity index (χ4v) is 1.07. The molecule has 1 N–H and O–H groups in total. The Labute approximate surface area is 84.3 Å². The number of aromatic nitrogens is 1. The van der Waals surface area contributed by atoms with Crippen molar-refractivity contribution >= 4 is 5.91 Å². The van der Waals surface area contributed by atoms with Crippen molar-refractivity contribution in [2.24, 2.45) is 0 Å². The zero-order chi connectivity index (χ0) is 11.6. The summed E-state index contributed by atoms with van der Waals surface area (Å²) in [5.74, 6) is -0.638. The van der Waals surface area contributed by atoms with Crippen molar-refractivity contribution in [3.8, 4) is 0 Å². The van der Waals surface area contributed by atoms with E-state index in [0.29, 0.717) is 0 Å². The Morgan fingerprint density at radius 2 is 2.00 bits per heavy atom. The molecule has 0 bridgehead atoms. The van der Waals surface area contributed by atoms with Gasteiger partial charge in [0.25, 0.3) is 5.91 Å². The van der Waals surface area contributed by atoms with E-state index in [2.05, 4.69) is 10.3 Å². The molecule has 3 nitrogen and oxygen atoms in total. The van der Waals surface area contributed by atoms with Crippen molar-refractivity contribution in [2.75, 3.05) is 7.05 Å². The number of hydrogen-bond donors (Lipinski definition) is 1. The fraction of sp³-hybridized carbons (Fsp3) is 0.333. The van der Waals surface area contributed by atoms with Gasteiger partial charge in [0.05, 0.1) is 0 Å². The molecule has 0 saturated carbocycles. The molecule has 0 unspecified atom stereocenters. The maximum absolute atomic E-state index is 12.4. The van der Waals surface area contributed by atoms with Crippen molar-refractivity contribution in [1.82, 2.24) is 10.3 Å². The number of alkyl halides is 3. The Kier molecular flexibility index (Phi) is 2.97. The van der Waals surface area contributed by atoms with Gasteiger partial charge in [-0.25, -0.2) is 4.98 Å². The lowest BCUT2D eigenvalue weighted by atomic mass is 10.2. The largest absolute Gasteiger partial charge is 0.433 e. The van der Waals surface area contributed by atoms with Crippen LogP contribution in [0.2, 0.25) is 0 Å². The molecule has 1 rings (SSSR count). The monoisotopic (exact) mass is 218 g/mol. The van der Waals surface area contributed by atoms with Gasteiger partial charge in [0.15, 0.2) is 0 Å². The third-order valence-corrected chi connectivity index (χ3v) is 1.83.